The van der Waals surface area contributed by atoms with Gasteiger partial charge in [-0.3, -0.25) is 9.78 Å². The number of hydrogen-bond acceptors (Lipinski definition) is 4. The molecule has 168 valence electrons. The lowest BCUT2D eigenvalue weighted by molar-refractivity contribution is 0.0225. The van der Waals surface area contributed by atoms with E-state index in [9.17, 15) is 9.59 Å². The van der Waals surface area contributed by atoms with Crippen LogP contribution in [0.5, 0.6) is 0 Å². The molecule has 0 saturated carbocycles. The van der Waals surface area contributed by atoms with E-state index in [0.717, 1.165) is 29.5 Å². The van der Waals surface area contributed by atoms with Crippen molar-refractivity contribution < 1.29 is 14.3 Å². The molecule has 0 aliphatic carbocycles. The number of carbonyl (C=O) groups excluding carboxylic acids is 2. The Morgan fingerprint density at radius 3 is 2.29 bits per heavy atom. The molecule has 6 heteroatoms. The van der Waals surface area contributed by atoms with Crippen molar-refractivity contribution >= 4 is 12.0 Å². The number of pyridine rings is 1. The van der Waals surface area contributed by atoms with Crippen molar-refractivity contribution in [2.24, 2.45) is 11.7 Å². The Hall–Kier alpha value is -2.89. The number of ether oxygens (including phenoxy) is 1. The van der Waals surface area contributed by atoms with E-state index in [1.807, 2.05) is 52.0 Å². The van der Waals surface area contributed by atoms with E-state index in [0.29, 0.717) is 30.3 Å². The summed E-state index contributed by atoms with van der Waals surface area (Å²) in [5.74, 6) is -0.0108. The lowest BCUT2D eigenvalue weighted by Crippen LogP contribution is -2.37. The fraction of sp³-hybridized carbons (Fsp3) is 0.480. The summed E-state index contributed by atoms with van der Waals surface area (Å²) in [5.41, 5.74) is 8.77. The molecule has 1 aromatic heterocycles. The highest BCUT2D eigenvalue weighted by molar-refractivity contribution is 5.98. The van der Waals surface area contributed by atoms with Crippen LogP contribution in [0.25, 0.3) is 11.3 Å². The van der Waals surface area contributed by atoms with Crippen molar-refractivity contribution in [3.63, 3.8) is 0 Å². The molecular formula is C25H35N3O3. The highest BCUT2D eigenvalue weighted by atomic mass is 16.6. The first kappa shape index (κ1) is 24.4. The van der Waals surface area contributed by atoms with Gasteiger partial charge in [-0.15, -0.1) is 0 Å². The lowest BCUT2D eigenvalue weighted by Gasteiger charge is -2.28. The molecule has 0 radical (unpaired) electrons. The molecule has 6 nitrogen and oxygen atoms in total. The van der Waals surface area contributed by atoms with Gasteiger partial charge in [-0.2, -0.15) is 0 Å². The summed E-state index contributed by atoms with van der Waals surface area (Å²) < 4.78 is 5.59. The van der Waals surface area contributed by atoms with Crippen LogP contribution in [0.15, 0.2) is 36.5 Å². The third kappa shape index (κ3) is 7.39. The summed E-state index contributed by atoms with van der Waals surface area (Å²) in [6.07, 6.45) is 3.13. The number of amides is 2. The van der Waals surface area contributed by atoms with Crippen LogP contribution >= 0.6 is 0 Å². The molecule has 0 saturated heterocycles. The fourth-order valence-electron chi connectivity index (χ4n) is 3.08. The molecule has 2 aromatic rings. The van der Waals surface area contributed by atoms with Gasteiger partial charge in [0.15, 0.2) is 0 Å². The first-order chi connectivity index (χ1) is 14.5. The fourth-order valence-corrected chi connectivity index (χ4v) is 3.08. The van der Waals surface area contributed by atoms with E-state index >= 15 is 0 Å². The third-order valence-electron chi connectivity index (χ3n) is 4.85. The minimum absolute atomic E-state index is 0.315. The maximum Gasteiger partial charge on any atom is 0.410 e. The van der Waals surface area contributed by atoms with Crippen molar-refractivity contribution in [1.29, 1.82) is 0 Å². The van der Waals surface area contributed by atoms with Crippen LogP contribution in [0.1, 0.15) is 69.4 Å². The SMILES string of the molecule is CCc1cnc(-c2ccc(CN(CCC(C)C)C(=O)OC(C)(C)C)cc2)c(C(N)=O)c1. The Balaban J connectivity index is 2.24. The Labute approximate surface area is 185 Å². The van der Waals surface area contributed by atoms with Gasteiger partial charge in [0.1, 0.15) is 5.60 Å². The first-order valence-corrected chi connectivity index (χ1v) is 10.9. The summed E-state index contributed by atoms with van der Waals surface area (Å²) in [4.78, 5) is 30.8. The summed E-state index contributed by atoms with van der Waals surface area (Å²) >= 11 is 0. The third-order valence-corrected chi connectivity index (χ3v) is 4.85. The first-order valence-electron chi connectivity index (χ1n) is 10.9. The molecule has 0 bridgehead atoms. The Morgan fingerprint density at radius 1 is 1.13 bits per heavy atom. The normalized spacial score (nSPS) is 11.5. The van der Waals surface area contributed by atoms with Crippen molar-refractivity contribution in [3.8, 4) is 11.3 Å². The average Bonchev–Trinajstić information content (AvgIpc) is 2.69. The molecule has 0 aliphatic rings. The Kier molecular flexibility index (Phi) is 8.20. The maximum absolute atomic E-state index is 12.7. The molecule has 0 aliphatic heterocycles. The second-order valence-corrected chi connectivity index (χ2v) is 9.24. The summed E-state index contributed by atoms with van der Waals surface area (Å²) in [6, 6.07) is 9.51. The largest absolute Gasteiger partial charge is 0.444 e. The average molecular weight is 426 g/mol. The molecule has 0 unspecified atom stereocenters. The number of benzene rings is 1. The standard InChI is InChI=1S/C25H35N3O3/c1-7-18-14-21(23(26)29)22(27-15-18)20-10-8-19(9-11-20)16-28(13-12-17(2)3)24(30)31-25(4,5)6/h8-11,14-15,17H,7,12-13,16H2,1-6H3,(H2,26,29). The van der Waals surface area contributed by atoms with E-state index in [-0.39, 0.29) is 6.09 Å². The van der Waals surface area contributed by atoms with Crippen LogP contribution in [-0.2, 0) is 17.7 Å². The van der Waals surface area contributed by atoms with Crippen LogP contribution in [-0.4, -0.2) is 34.0 Å². The smallest absolute Gasteiger partial charge is 0.410 e. The van der Waals surface area contributed by atoms with E-state index in [1.54, 1.807) is 17.2 Å². The quantitative estimate of drug-likeness (QED) is 0.630. The van der Waals surface area contributed by atoms with Gasteiger partial charge in [0, 0.05) is 24.8 Å². The van der Waals surface area contributed by atoms with Crippen molar-refractivity contribution in [2.75, 3.05) is 6.54 Å². The monoisotopic (exact) mass is 425 g/mol. The van der Waals surface area contributed by atoms with Crippen molar-refractivity contribution in [2.45, 2.75) is 66.5 Å². The second-order valence-electron chi connectivity index (χ2n) is 9.24. The number of nitrogens with two attached hydrogens (primary N) is 1. The van der Waals surface area contributed by atoms with Gasteiger partial charge in [0.05, 0.1) is 11.3 Å². The number of rotatable bonds is 8. The van der Waals surface area contributed by atoms with Crippen LogP contribution in [0.3, 0.4) is 0 Å². The molecular weight excluding hydrogens is 390 g/mol. The lowest BCUT2D eigenvalue weighted by atomic mass is 10.0. The number of hydrogen-bond donors (Lipinski definition) is 1. The van der Waals surface area contributed by atoms with Gasteiger partial charge in [0.25, 0.3) is 5.91 Å². The van der Waals surface area contributed by atoms with Gasteiger partial charge >= 0.3 is 6.09 Å². The zero-order valence-electron chi connectivity index (χ0n) is 19.6. The number of aryl methyl sites for hydroxylation is 1. The number of nitrogens with zero attached hydrogens (tertiary/aromatic N) is 2. The van der Waals surface area contributed by atoms with Gasteiger partial charge < -0.3 is 15.4 Å². The molecule has 2 amide bonds. The molecule has 0 spiro atoms. The van der Waals surface area contributed by atoms with Crippen LogP contribution in [0, 0.1) is 5.92 Å². The van der Waals surface area contributed by atoms with E-state index < -0.39 is 11.5 Å². The topological polar surface area (TPSA) is 85.5 Å². The molecule has 1 aromatic carbocycles. The molecule has 2 N–H and O–H groups in total. The Bertz CT molecular complexity index is 899. The highest BCUT2D eigenvalue weighted by Gasteiger charge is 2.22. The van der Waals surface area contributed by atoms with Crippen LogP contribution < -0.4 is 5.73 Å². The predicted molar refractivity (Wildman–Crippen MR) is 124 cm³/mol. The zero-order valence-corrected chi connectivity index (χ0v) is 19.6. The maximum atomic E-state index is 12.7. The van der Waals surface area contributed by atoms with Gasteiger partial charge in [-0.1, -0.05) is 45.0 Å². The summed E-state index contributed by atoms with van der Waals surface area (Å²) in [7, 11) is 0. The number of aromatic nitrogens is 1. The van der Waals surface area contributed by atoms with E-state index in [2.05, 4.69) is 18.8 Å². The molecule has 2 rings (SSSR count). The Morgan fingerprint density at radius 2 is 1.77 bits per heavy atom. The van der Waals surface area contributed by atoms with E-state index in [1.165, 1.54) is 0 Å². The summed E-state index contributed by atoms with van der Waals surface area (Å²) in [5, 5.41) is 0. The number of carbonyl (C=O) groups is 2. The van der Waals surface area contributed by atoms with Gasteiger partial charge in [-0.05, 0) is 56.7 Å². The van der Waals surface area contributed by atoms with Gasteiger partial charge in [0.2, 0.25) is 0 Å². The zero-order chi connectivity index (χ0) is 23.2. The van der Waals surface area contributed by atoms with Crippen LogP contribution in [0.4, 0.5) is 4.79 Å². The predicted octanol–water partition coefficient (Wildman–Crippen LogP) is 5.19. The number of primary amides is 1. The molecule has 31 heavy (non-hydrogen) atoms. The van der Waals surface area contributed by atoms with Crippen LogP contribution in [0.2, 0.25) is 0 Å². The highest BCUT2D eigenvalue weighted by Crippen LogP contribution is 2.24. The van der Waals surface area contributed by atoms with Crippen molar-refractivity contribution in [3.05, 3.63) is 53.2 Å². The van der Waals surface area contributed by atoms with Crippen molar-refractivity contribution in [1.82, 2.24) is 9.88 Å². The second kappa shape index (κ2) is 10.4. The molecule has 1 heterocycles. The van der Waals surface area contributed by atoms with Gasteiger partial charge in [-0.25, -0.2) is 4.79 Å². The minimum Gasteiger partial charge on any atom is -0.444 e. The summed E-state index contributed by atoms with van der Waals surface area (Å²) in [6.45, 7) is 13.0. The molecule has 0 atom stereocenters. The van der Waals surface area contributed by atoms with E-state index in [4.69, 9.17) is 10.5 Å². The molecule has 0 fully saturated rings. The minimum atomic E-state index is -0.543.